The Hall–Kier alpha value is -1.31. The molecule has 1 heterocycles. The SMILES string of the molecule is CC(=O)NC1CCC(C(F)(F)F)N(C(=O)COC2CCCCC2)C1. The smallest absolute Gasteiger partial charge is 0.368 e. The second-order valence-corrected chi connectivity index (χ2v) is 6.65. The number of carbonyl (C=O) groups excluding carboxylic acids is 2. The third-order valence-electron chi connectivity index (χ3n) is 4.68. The van der Waals surface area contributed by atoms with Crippen LogP contribution in [-0.4, -0.2) is 54.2 Å². The number of carbonyl (C=O) groups is 2. The highest BCUT2D eigenvalue weighted by molar-refractivity contribution is 5.78. The molecule has 24 heavy (non-hydrogen) atoms. The highest BCUT2D eigenvalue weighted by Gasteiger charge is 2.48. The molecule has 0 aromatic carbocycles. The summed E-state index contributed by atoms with van der Waals surface area (Å²) >= 11 is 0. The first-order valence-electron chi connectivity index (χ1n) is 8.52. The van der Waals surface area contributed by atoms with Crippen molar-refractivity contribution in [3.05, 3.63) is 0 Å². The van der Waals surface area contributed by atoms with Gasteiger partial charge < -0.3 is 15.0 Å². The van der Waals surface area contributed by atoms with Gasteiger partial charge in [-0.2, -0.15) is 13.2 Å². The Kier molecular flexibility index (Phi) is 6.48. The van der Waals surface area contributed by atoms with Crippen LogP contribution in [0.3, 0.4) is 0 Å². The minimum absolute atomic E-state index is 0.0389. The van der Waals surface area contributed by atoms with E-state index < -0.39 is 24.2 Å². The van der Waals surface area contributed by atoms with Crippen molar-refractivity contribution in [2.45, 2.75) is 76.2 Å². The summed E-state index contributed by atoms with van der Waals surface area (Å²) in [6.07, 6.45) is 0.380. The summed E-state index contributed by atoms with van der Waals surface area (Å²) < 4.78 is 45.2. The van der Waals surface area contributed by atoms with Gasteiger partial charge in [-0.1, -0.05) is 19.3 Å². The van der Waals surface area contributed by atoms with Gasteiger partial charge in [-0.25, -0.2) is 0 Å². The van der Waals surface area contributed by atoms with E-state index in [0.29, 0.717) is 0 Å². The lowest BCUT2D eigenvalue weighted by atomic mass is 9.97. The Morgan fingerprint density at radius 3 is 2.38 bits per heavy atom. The topological polar surface area (TPSA) is 58.6 Å². The molecule has 2 aliphatic rings. The summed E-state index contributed by atoms with van der Waals surface area (Å²) in [5.74, 6) is -0.964. The van der Waals surface area contributed by atoms with E-state index in [1.807, 2.05) is 0 Å². The molecule has 0 bridgehead atoms. The number of nitrogens with one attached hydrogen (secondary N) is 1. The molecule has 2 atom stereocenters. The molecule has 1 saturated heterocycles. The largest absolute Gasteiger partial charge is 0.408 e. The third kappa shape index (κ3) is 5.36. The standard InChI is InChI=1S/C16H25F3N2O3/c1-11(22)20-12-7-8-14(16(17,18)19)21(9-12)15(23)10-24-13-5-3-2-4-6-13/h12-14H,2-10H2,1H3,(H,20,22). The first-order valence-corrected chi connectivity index (χ1v) is 8.52. The fraction of sp³-hybridized carbons (Fsp3) is 0.875. The predicted octanol–water partition coefficient (Wildman–Crippen LogP) is 2.39. The zero-order valence-corrected chi connectivity index (χ0v) is 13.9. The lowest BCUT2D eigenvalue weighted by molar-refractivity contribution is -0.199. The second kappa shape index (κ2) is 8.18. The van der Waals surface area contributed by atoms with Gasteiger partial charge in [0, 0.05) is 19.5 Å². The minimum atomic E-state index is -4.47. The van der Waals surface area contributed by atoms with Crippen LogP contribution in [-0.2, 0) is 14.3 Å². The fourth-order valence-electron chi connectivity index (χ4n) is 3.50. The van der Waals surface area contributed by atoms with E-state index >= 15 is 0 Å². The summed E-state index contributed by atoms with van der Waals surface area (Å²) in [7, 11) is 0. The molecule has 5 nitrogen and oxygen atoms in total. The summed E-state index contributed by atoms with van der Waals surface area (Å²) in [5.41, 5.74) is 0. The quantitative estimate of drug-likeness (QED) is 0.847. The Bertz CT molecular complexity index is 450. The molecule has 1 aliphatic carbocycles. The van der Waals surface area contributed by atoms with Crippen LogP contribution in [0, 0.1) is 0 Å². The second-order valence-electron chi connectivity index (χ2n) is 6.65. The molecule has 1 N–H and O–H groups in total. The molecule has 8 heteroatoms. The number of nitrogens with zero attached hydrogens (tertiary/aromatic N) is 1. The maximum absolute atomic E-state index is 13.2. The van der Waals surface area contributed by atoms with Gasteiger partial charge in [-0.15, -0.1) is 0 Å². The van der Waals surface area contributed by atoms with Gasteiger partial charge in [0.15, 0.2) is 0 Å². The van der Waals surface area contributed by atoms with Crippen molar-refractivity contribution in [2.75, 3.05) is 13.2 Å². The normalized spacial score (nSPS) is 26.2. The third-order valence-corrected chi connectivity index (χ3v) is 4.68. The molecular formula is C16H25F3N2O3. The average molecular weight is 350 g/mol. The van der Waals surface area contributed by atoms with Crippen LogP contribution in [0.5, 0.6) is 0 Å². The molecule has 1 aliphatic heterocycles. The van der Waals surface area contributed by atoms with Crippen molar-refractivity contribution in [2.24, 2.45) is 0 Å². The molecule has 0 spiro atoms. The number of hydrogen-bond acceptors (Lipinski definition) is 3. The maximum Gasteiger partial charge on any atom is 0.408 e. The van der Waals surface area contributed by atoms with E-state index in [2.05, 4.69) is 5.32 Å². The first-order chi connectivity index (χ1) is 11.3. The molecule has 0 aromatic heterocycles. The summed E-state index contributed by atoms with van der Waals surface area (Å²) in [6.45, 7) is 0.856. The number of rotatable bonds is 4. The monoisotopic (exact) mass is 350 g/mol. The zero-order valence-electron chi connectivity index (χ0n) is 13.9. The van der Waals surface area contributed by atoms with Crippen LogP contribution in [0.25, 0.3) is 0 Å². The Morgan fingerprint density at radius 1 is 1.12 bits per heavy atom. The molecule has 2 rings (SSSR count). The average Bonchev–Trinajstić information content (AvgIpc) is 2.52. The summed E-state index contributed by atoms with van der Waals surface area (Å²) in [6, 6.07) is -2.25. The summed E-state index contributed by atoms with van der Waals surface area (Å²) in [5, 5.41) is 2.60. The molecule has 138 valence electrons. The minimum Gasteiger partial charge on any atom is -0.368 e. The van der Waals surface area contributed by atoms with Crippen molar-refractivity contribution in [1.82, 2.24) is 10.2 Å². The van der Waals surface area contributed by atoms with Crippen molar-refractivity contribution < 1.29 is 27.5 Å². The van der Waals surface area contributed by atoms with E-state index in [1.165, 1.54) is 6.92 Å². The number of hydrogen-bond donors (Lipinski definition) is 1. The van der Waals surface area contributed by atoms with Crippen molar-refractivity contribution >= 4 is 11.8 Å². The van der Waals surface area contributed by atoms with Gasteiger partial charge in [0.25, 0.3) is 0 Å². The van der Waals surface area contributed by atoms with Gasteiger partial charge in [0.05, 0.1) is 6.10 Å². The highest BCUT2D eigenvalue weighted by Crippen LogP contribution is 2.32. The first kappa shape index (κ1) is 19.0. The maximum atomic E-state index is 13.2. The van der Waals surface area contributed by atoms with E-state index in [-0.39, 0.29) is 38.0 Å². The van der Waals surface area contributed by atoms with Crippen LogP contribution in [0.2, 0.25) is 0 Å². The van der Waals surface area contributed by atoms with Crippen LogP contribution in [0.4, 0.5) is 13.2 Å². The number of alkyl halides is 3. The van der Waals surface area contributed by atoms with Crippen LogP contribution < -0.4 is 5.32 Å². The predicted molar refractivity (Wildman–Crippen MR) is 81.2 cm³/mol. The van der Waals surface area contributed by atoms with Gasteiger partial charge >= 0.3 is 6.18 Å². The number of halogens is 3. The van der Waals surface area contributed by atoms with E-state index in [1.54, 1.807) is 0 Å². The van der Waals surface area contributed by atoms with Crippen molar-refractivity contribution in [1.29, 1.82) is 0 Å². The molecule has 1 saturated carbocycles. The van der Waals surface area contributed by atoms with Gasteiger partial charge in [-0.05, 0) is 25.7 Å². The Morgan fingerprint density at radius 2 is 1.79 bits per heavy atom. The Balaban J connectivity index is 1.96. The van der Waals surface area contributed by atoms with Crippen molar-refractivity contribution in [3.8, 4) is 0 Å². The lowest BCUT2D eigenvalue weighted by Crippen LogP contribution is -2.58. The number of likely N-dealkylation sites (tertiary alicyclic amines) is 1. The lowest BCUT2D eigenvalue weighted by Gasteiger charge is -2.40. The van der Waals surface area contributed by atoms with E-state index in [4.69, 9.17) is 4.74 Å². The van der Waals surface area contributed by atoms with Crippen LogP contribution in [0.15, 0.2) is 0 Å². The van der Waals surface area contributed by atoms with Gasteiger partial charge in [0.1, 0.15) is 12.6 Å². The van der Waals surface area contributed by atoms with Crippen LogP contribution >= 0.6 is 0 Å². The number of ether oxygens (including phenoxy) is 1. The molecule has 2 unspecified atom stereocenters. The Labute approximate surface area is 139 Å². The fourth-order valence-corrected chi connectivity index (χ4v) is 3.50. The zero-order chi connectivity index (χ0) is 17.7. The van der Waals surface area contributed by atoms with Crippen LogP contribution in [0.1, 0.15) is 51.9 Å². The van der Waals surface area contributed by atoms with E-state index in [0.717, 1.165) is 37.0 Å². The molecule has 2 fully saturated rings. The molecule has 0 aromatic rings. The van der Waals surface area contributed by atoms with Crippen molar-refractivity contribution in [3.63, 3.8) is 0 Å². The molecule has 0 radical (unpaired) electrons. The van der Waals surface area contributed by atoms with Gasteiger partial charge in [-0.3, -0.25) is 9.59 Å². The molecule has 2 amide bonds. The summed E-state index contributed by atoms with van der Waals surface area (Å²) in [4.78, 5) is 24.3. The van der Waals surface area contributed by atoms with Gasteiger partial charge in [0.2, 0.25) is 11.8 Å². The number of piperidine rings is 1. The number of amides is 2. The molecular weight excluding hydrogens is 325 g/mol. The van der Waals surface area contributed by atoms with E-state index in [9.17, 15) is 22.8 Å². The highest BCUT2D eigenvalue weighted by atomic mass is 19.4.